The lowest BCUT2D eigenvalue weighted by Gasteiger charge is -2.20. The van der Waals surface area contributed by atoms with E-state index in [0.29, 0.717) is 0 Å². The summed E-state index contributed by atoms with van der Waals surface area (Å²) in [5.41, 5.74) is 2.12. The lowest BCUT2D eigenvalue weighted by Crippen LogP contribution is -2.19. The van der Waals surface area contributed by atoms with Gasteiger partial charge in [-0.3, -0.25) is 0 Å². The van der Waals surface area contributed by atoms with Crippen LogP contribution in [0.15, 0.2) is 18.2 Å². The number of aromatic nitrogens is 2. The van der Waals surface area contributed by atoms with Crippen molar-refractivity contribution in [3.63, 3.8) is 0 Å². The maximum absolute atomic E-state index is 6.11. The van der Waals surface area contributed by atoms with Crippen molar-refractivity contribution in [1.82, 2.24) is 9.55 Å². The Kier molecular flexibility index (Phi) is 4.16. The summed E-state index contributed by atoms with van der Waals surface area (Å²) in [6, 6.07) is 5.87. The number of benzene rings is 1. The standard InChI is InChI=1S/C15H21ClN2O/c1-15(2,3)14-17-12-7-6-11(16)10-13(12)18(14)8-5-9-19-4/h6-7,10H,5,8-9H2,1-4H3. The lowest BCUT2D eigenvalue weighted by atomic mass is 9.95. The summed E-state index contributed by atoms with van der Waals surface area (Å²) >= 11 is 6.11. The van der Waals surface area contributed by atoms with Gasteiger partial charge in [-0.05, 0) is 24.6 Å². The van der Waals surface area contributed by atoms with E-state index < -0.39 is 0 Å². The Labute approximate surface area is 119 Å². The van der Waals surface area contributed by atoms with Crippen LogP contribution >= 0.6 is 11.6 Å². The van der Waals surface area contributed by atoms with Crippen LogP contribution in [0.3, 0.4) is 0 Å². The van der Waals surface area contributed by atoms with Crippen molar-refractivity contribution >= 4 is 22.6 Å². The van der Waals surface area contributed by atoms with Crippen LogP contribution in [0.1, 0.15) is 33.0 Å². The van der Waals surface area contributed by atoms with Crippen LogP contribution in [0.25, 0.3) is 11.0 Å². The maximum atomic E-state index is 6.11. The number of aryl methyl sites for hydroxylation is 1. The van der Waals surface area contributed by atoms with E-state index in [9.17, 15) is 0 Å². The van der Waals surface area contributed by atoms with Crippen molar-refractivity contribution in [2.45, 2.75) is 39.2 Å². The Bertz CT molecular complexity index is 569. The van der Waals surface area contributed by atoms with Gasteiger partial charge in [0, 0.05) is 30.7 Å². The minimum absolute atomic E-state index is 0.0125. The minimum Gasteiger partial charge on any atom is -0.385 e. The van der Waals surface area contributed by atoms with Gasteiger partial charge in [-0.25, -0.2) is 4.98 Å². The Morgan fingerprint density at radius 3 is 2.68 bits per heavy atom. The summed E-state index contributed by atoms with van der Waals surface area (Å²) in [5.74, 6) is 1.10. The number of hydrogen-bond acceptors (Lipinski definition) is 2. The van der Waals surface area contributed by atoms with Gasteiger partial charge in [-0.15, -0.1) is 0 Å². The van der Waals surface area contributed by atoms with Crippen LogP contribution in [0.4, 0.5) is 0 Å². The topological polar surface area (TPSA) is 27.1 Å². The maximum Gasteiger partial charge on any atom is 0.115 e. The fraction of sp³-hybridized carbons (Fsp3) is 0.533. The second-order valence-electron chi connectivity index (χ2n) is 5.82. The number of halogens is 1. The van der Waals surface area contributed by atoms with Crippen molar-refractivity contribution in [3.8, 4) is 0 Å². The Morgan fingerprint density at radius 2 is 2.05 bits per heavy atom. The summed E-state index contributed by atoms with van der Waals surface area (Å²) in [4.78, 5) is 4.77. The smallest absolute Gasteiger partial charge is 0.115 e. The van der Waals surface area contributed by atoms with Gasteiger partial charge in [0.05, 0.1) is 11.0 Å². The molecule has 0 saturated heterocycles. The van der Waals surface area contributed by atoms with E-state index in [1.165, 1.54) is 0 Å². The monoisotopic (exact) mass is 280 g/mol. The van der Waals surface area contributed by atoms with Gasteiger partial charge in [-0.1, -0.05) is 32.4 Å². The fourth-order valence-corrected chi connectivity index (χ4v) is 2.43. The molecule has 0 aliphatic heterocycles. The van der Waals surface area contributed by atoms with E-state index in [1.54, 1.807) is 7.11 Å². The van der Waals surface area contributed by atoms with Crippen LogP contribution in [0.5, 0.6) is 0 Å². The largest absolute Gasteiger partial charge is 0.385 e. The molecule has 0 amide bonds. The molecule has 0 saturated carbocycles. The Hall–Kier alpha value is -1.06. The van der Waals surface area contributed by atoms with Crippen molar-refractivity contribution in [2.75, 3.05) is 13.7 Å². The highest BCUT2D eigenvalue weighted by molar-refractivity contribution is 6.31. The summed E-state index contributed by atoms with van der Waals surface area (Å²) < 4.78 is 7.41. The summed E-state index contributed by atoms with van der Waals surface area (Å²) in [7, 11) is 1.73. The molecule has 3 nitrogen and oxygen atoms in total. The second-order valence-corrected chi connectivity index (χ2v) is 6.25. The molecule has 4 heteroatoms. The molecule has 0 aliphatic rings. The van der Waals surface area contributed by atoms with Crippen molar-refractivity contribution in [1.29, 1.82) is 0 Å². The molecule has 0 bridgehead atoms. The molecule has 0 unspecified atom stereocenters. The molecular formula is C15H21ClN2O. The first-order valence-corrected chi connectivity index (χ1v) is 6.96. The van der Waals surface area contributed by atoms with Crippen LogP contribution in [-0.2, 0) is 16.7 Å². The van der Waals surface area contributed by atoms with Gasteiger partial charge in [0.1, 0.15) is 5.82 Å². The van der Waals surface area contributed by atoms with Crippen molar-refractivity contribution < 1.29 is 4.74 Å². The minimum atomic E-state index is 0.0125. The average Bonchev–Trinajstić information content (AvgIpc) is 2.68. The second kappa shape index (κ2) is 5.51. The first kappa shape index (κ1) is 14.4. The molecule has 1 aromatic carbocycles. The zero-order chi connectivity index (χ0) is 14.0. The van der Waals surface area contributed by atoms with Gasteiger partial charge in [0.15, 0.2) is 0 Å². The molecule has 0 N–H and O–H groups in total. The molecule has 0 atom stereocenters. The third-order valence-corrected chi connectivity index (χ3v) is 3.35. The molecule has 19 heavy (non-hydrogen) atoms. The molecule has 1 aromatic heterocycles. The zero-order valence-corrected chi connectivity index (χ0v) is 12.8. The predicted molar refractivity (Wildman–Crippen MR) is 79.9 cm³/mol. The van der Waals surface area contributed by atoms with Crippen LogP contribution in [0.2, 0.25) is 5.02 Å². The van der Waals surface area contributed by atoms with Gasteiger partial charge < -0.3 is 9.30 Å². The van der Waals surface area contributed by atoms with Crippen molar-refractivity contribution in [3.05, 3.63) is 29.0 Å². The van der Waals surface area contributed by atoms with E-state index >= 15 is 0 Å². The third kappa shape index (κ3) is 3.10. The number of hydrogen-bond donors (Lipinski definition) is 0. The number of fused-ring (bicyclic) bond motifs is 1. The molecule has 2 aromatic rings. The summed E-state index contributed by atoms with van der Waals surface area (Å²) in [6.07, 6.45) is 0.970. The van der Waals surface area contributed by atoms with Crippen molar-refractivity contribution in [2.24, 2.45) is 0 Å². The number of ether oxygens (including phenoxy) is 1. The average molecular weight is 281 g/mol. The van der Waals surface area contributed by atoms with E-state index in [-0.39, 0.29) is 5.41 Å². The molecule has 1 heterocycles. The third-order valence-electron chi connectivity index (χ3n) is 3.11. The van der Waals surface area contributed by atoms with Crippen LogP contribution in [-0.4, -0.2) is 23.3 Å². The van der Waals surface area contributed by atoms with E-state index in [1.807, 2.05) is 18.2 Å². The number of imidazole rings is 1. The quantitative estimate of drug-likeness (QED) is 0.791. The fourth-order valence-electron chi connectivity index (χ4n) is 2.26. The normalized spacial score (nSPS) is 12.3. The molecule has 0 radical (unpaired) electrons. The Morgan fingerprint density at radius 1 is 1.32 bits per heavy atom. The SMILES string of the molecule is COCCCn1c(C(C)(C)C)nc2ccc(Cl)cc21. The summed E-state index contributed by atoms with van der Waals surface area (Å²) in [5, 5.41) is 0.751. The van der Waals surface area contributed by atoms with Gasteiger partial charge in [0.25, 0.3) is 0 Å². The van der Waals surface area contributed by atoms with E-state index in [0.717, 1.165) is 41.5 Å². The highest BCUT2D eigenvalue weighted by Gasteiger charge is 2.22. The zero-order valence-electron chi connectivity index (χ0n) is 12.0. The van der Waals surface area contributed by atoms with Gasteiger partial charge in [0.2, 0.25) is 0 Å². The molecule has 0 fully saturated rings. The first-order valence-electron chi connectivity index (χ1n) is 6.58. The molecule has 104 valence electrons. The highest BCUT2D eigenvalue weighted by Crippen LogP contribution is 2.28. The van der Waals surface area contributed by atoms with Gasteiger partial charge >= 0.3 is 0 Å². The molecule has 2 rings (SSSR count). The van der Waals surface area contributed by atoms with Crippen LogP contribution in [0, 0.1) is 0 Å². The van der Waals surface area contributed by atoms with Crippen LogP contribution < -0.4 is 0 Å². The van der Waals surface area contributed by atoms with Gasteiger partial charge in [-0.2, -0.15) is 0 Å². The molecule has 0 spiro atoms. The molecule has 0 aliphatic carbocycles. The van der Waals surface area contributed by atoms with E-state index in [4.69, 9.17) is 21.3 Å². The highest BCUT2D eigenvalue weighted by atomic mass is 35.5. The Balaban J connectivity index is 2.50. The predicted octanol–water partition coefficient (Wildman–Crippen LogP) is 4.02. The summed E-state index contributed by atoms with van der Waals surface area (Å²) in [6.45, 7) is 8.20. The number of rotatable bonds is 4. The lowest BCUT2D eigenvalue weighted by molar-refractivity contribution is 0.190. The number of methoxy groups -OCH3 is 1. The first-order chi connectivity index (χ1) is 8.93. The number of nitrogens with zero attached hydrogens (tertiary/aromatic N) is 2. The molecular weight excluding hydrogens is 260 g/mol. The van der Waals surface area contributed by atoms with E-state index in [2.05, 4.69) is 25.3 Å².